The fourth-order valence-corrected chi connectivity index (χ4v) is 3.51. The summed E-state index contributed by atoms with van der Waals surface area (Å²) in [5.74, 6) is 0.755. The van der Waals surface area contributed by atoms with E-state index in [1.165, 1.54) is 0 Å². The van der Waals surface area contributed by atoms with Crippen LogP contribution in [0.3, 0.4) is 0 Å². The molecule has 0 aliphatic carbocycles. The molecular formula is C17H32O11S. The van der Waals surface area contributed by atoms with Crippen molar-refractivity contribution in [1.82, 2.24) is 0 Å². The van der Waals surface area contributed by atoms with E-state index in [9.17, 15) is 35.7 Å². The molecule has 0 aromatic heterocycles. The van der Waals surface area contributed by atoms with E-state index in [0.29, 0.717) is 6.42 Å². The molecule has 2 aliphatic heterocycles. The first-order valence-electron chi connectivity index (χ1n) is 9.66. The van der Waals surface area contributed by atoms with Gasteiger partial charge in [-0.15, -0.1) is 0 Å². The summed E-state index contributed by atoms with van der Waals surface area (Å²) in [6, 6.07) is 0. The Hall–Kier alpha value is -0.0900. The highest BCUT2D eigenvalue weighted by molar-refractivity contribution is 7.80. The molecule has 0 aromatic rings. The third-order valence-electron chi connectivity index (χ3n) is 5.04. The van der Waals surface area contributed by atoms with Crippen molar-refractivity contribution in [1.29, 1.82) is 0 Å². The van der Waals surface area contributed by atoms with Gasteiger partial charge in [0.2, 0.25) is 0 Å². The van der Waals surface area contributed by atoms with E-state index in [1.54, 1.807) is 0 Å². The van der Waals surface area contributed by atoms with Crippen LogP contribution in [0.4, 0.5) is 0 Å². The van der Waals surface area contributed by atoms with Gasteiger partial charge in [0.25, 0.3) is 0 Å². The van der Waals surface area contributed by atoms with Gasteiger partial charge in [-0.3, -0.25) is 0 Å². The largest absolute Gasteiger partial charge is 0.394 e. The highest BCUT2D eigenvalue weighted by Gasteiger charge is 2.50. The summed E-state index contributed by atoms with van der Waals surface area (Å²) in [6.45, 7) is -0.965. The maximum atomic E-state index is 10.5. The van der Waals surface area contributed by atoms with E-state index < -0.39 is 74.6 Å². The standard InChI is InChI=1S/C17H32O11S/c18-6-8-10(20)11(21)13(23)17(26-8)28-15-9(7-19)27-16(14(24)12(15)22)25-4-2-1-3-5-29/h8-24,29H,1-7H2/t8?,9?,10-,11?,12?,13?,14?,15-,16+,17-/m0/s1. The summed E-state index contributed by atoms with van der Waals surface area (Å²) in [5, 5.41) is 69.4. The van der Waals surface area contributed by atoms with Crippen molar-refractivity contribution < 1.29 is 54.7 Å². The quantitative estimate of drug-likeness (QED) is 0.125. The molecular weight excluding hydrogens is 412 g/mol. The van der Waals surface area contributed by atoms with Crippen molar-refractivity contribution in [2.24, 2.45) is 0 Å². The van der Waals surface area contributed by atoms with E-state index >= 15 is 0 Å². The lowest BCUT2D eigenvalue weighted by Crippen LogP contribution is -2.64. The molecule has 2 aliphatic rings. The number of aliphatic hydroxyl groups is 7. The number of hydrogen-bond acceptors (Lipinski definition) is 12. The molecule has 172 valence electrons. The number of rotatable bonds is 10. The van der Waals surface area contributed by atoms with Gasteiger partial charge in [0.1, 0.15) is 48.8 Å². The predicted octanol–water partition coefficient (Wildman–Crippen LogP) is -3.27. The van der Waals surface area contributed by atoms with Crippen LogP contribution in [0.15, 0.2) is 0 Å². The lowest BCUT2D eigenvalue weighted by Gasteiger charge is -2.45. The minimum Gasteiger partial charge on any atom is -0.394 e. The molecule has 29 heavy (non-hydrogen) atoms. The summed E-state index contributed by atoms with van der Waals surface area (Å²) < 4.78 is 21.7. The number of aliphatic hydroxyl groups excluding tert-OH is 7. The maximum Gasteiger partial charge on any atom is 0.187 e. The van der Waals surface area contributed by atoms with Crippen molar-refractivity contribution in [3.05, 3.63) is 0 Å². The number of hydrogen-bond donors (Lipinski definition) is 8. The summed E-state index contributed by atoms with van der Waals surface area (Å²) in [4.78, 5) is 0. The second kappa shape index (κ2) is 12.1. The fourth-order valence-electron chi connectivity index (χ4n) is 3.28. The highest BCUT2D eigenvalue weighted by Crippen LogP contribution is 2.29. The van der Waals surface area contributed by atoms with Gasteiger partial charge in [-0.2, -0.15) is 12.6 Å². The van der Waals surface area contributed by atoms with Gasteiger partial charge in [0, 0.05) is 6.61 Å². The topological polar surface area (TPSA) is 179 Å². The van der Waals surface area contributed by atoms with Gasteiger partial charge in [0.15, 0.2) is 12.6 Å². The van der Waals surface area contributed by atoms with Crippen LogP contribution in [0.25, 0.3) is 0 Å². The normalized spacial score (nSPS) is 43.4. The van der Waals surface area contributed by atoms with Gasteiger partial charge in [-0.25, -0.2) is 0 Å². The Labute approximate surface area is 174 Å². The first-order chi connectivity index (χ1) is 13.8. The van der Waals surface area contributed by atoms with E-state index in [0.717, 1.165) is 18.6 Å². The molecule has 6 unspecified atom stereocenters. The molecule has 7 N–H and O–H groups in total. The molecule has 0 amide bonds. The monoisotopic (exact) mass is 444 g/mol. The van der Waals surface area contributed by atoms with E-state index in [2.05, 4.69) is 12.6 Å². The number of ether oxygens (including phenoxy) is 4. The fraction of sp³-hybridized carbons (Fsp3) is 1.00. The maximum absolute atomic E-state index is 10.5. The van der Waals surface area contributed by atoms with Gasteiger partial charge >= 0.3 is 0 Å². The number of unbranched alkanes of at least 4 members (excludes halogenated alkanes) is 2. The van der Waals surface area contributed by atoms with Crippen molar-refractivity contribution in [3.63, 3.8) is 0 Å². The van der Waals surface area contributed by atoms with Crippen LogP contribution in [-0.2, 0) is 18.9 Å². The van der Waals surface area contributed by atoms with Gasteiger partial charge in [-0.1, -0.05) is 6.42 Å². The lowest BCUT2D eigenvalue weighted by molar-refractivity contribution is -0.359. The van der Waals surface area contributed by atoms with Crippen molar-refractivity contribution in [2.75, 3.05) is 25.6 Å². The van der Waals surface area contributed by atoms with Crippen LogP contribution in [0.1, 0.15) is 19.3 Å². The van der Waals surface area contributed by atoms with E-state index in [1.807, 2.05) is 0 Å². The first-order valence-corrected chi connectivity index (χ1v) is 10.3. The zero-order valence-corrected chi connectivity index (χ0v) is 16.8. The Morgan fingerprint density at radius 3 is 1.93 bits per heavy atom. The van der Waals surface area contributed by atoms with E-state index in [4.69, 9.17) is 18.9 Å². The second-order valence-electron chi connectivity index (χ2n) is 7.16. The highest BCUT2D eigenvalue weighted by atomic mass is 32.1. The molecule has 11 nitrogen and oxygen atoms in total. The molecule has 0 spiro atoms. The molecule has 0 bridgehead atoms. The lowest BCUT2D eigenvalue weighted by atomic mass is 9.97. The third kappa shape index (κ3) is 6.21. The molecule has 12 heteroatoms. The molecule has 2 saturated heterocycles. The van der Waals surface area contributed by atoms with Gasteiger partial charge in [-0.05, 0) is 18.6 Å². The Balaban J connectivity index is 1.98. The smallest absolute Gasteiger partial charge is 0.187 e. The summed E-state index contributed by atoms with van der Waals surface area (Å²) in [7, 11) is 0. The minimum absolute atomic E-state index is 0.276. The molecule has 0 saturated carbocycles. The molecule has 0 radical (unpaired) electrons. The Bertz CT molecular complexity index is 469. The van der Waals surface area contributed by atoms with Crippen LogP contribution in [0.5, 0.6) is 0 Å². The molecule has 2 fully saturated rings. The molecule has 0 aromatic carbocycles. The average Bonchev–Trinajstić information content (AvgIpc) is 2.72. The van der Waals surface area contributed by atoms with E-state index in [-0.39, 0.29) is 6.61 Å². The van der Waals surface area contributed by atoms with Gasteiger partial charge in [0.05, 0.1) is 13.2 Å². The van der Waals surface area contributed by atoms with Crippen LogP contribution < -0.4 is 0 Å². The predicted molar refractivity (Wildman–Crippen MR) is 100 cm³/mol. The van der Waals surface area contributed by atoms with Crippen LogP contribution in [-0.4, -0.2) is 123 Å². The van der Waals surface area contributed by atoms with Crippen LogP contribution in [0, 0.1) is 0 Å². The summed E-state index contributed by atoms with van der Waals surface area (Å²) in [5.41, 5.74) is 0. The Kier molecular flexibility index (Phi) is 10.5. The van der Waals surface area contributed by atoms with Crippen LogP contribution >= 0.6 is 12.6 Å². The summed E-state index contributed by atoms with van der Waals surface area (Å²) in [6.07, 6.45) is -11.9. The van der Waals surface area contributed by atoms with Crippen molar-refractivity contribution >= 4 is 12.6 Å². The average molecular weight is 444 g/mol. The SMILES string of the molecule is OCC1O[C@@H](O[C@H]2C(CO)O[C@@H](OCCCCCS)C(O)C2O)C(O)C(O)[C@H]1O. The molecule has 10 atom stereocenters. The Morgan fingerprint density at radius 1 is 0.690 bits per heavy atom. The van der Waals surface area contributed by atoms with Gasteiger partial charge < -0.3 is 54.7 Å². The first kappa shape index (κ1) is 25.2. The zero-order chi connectivity index (χ0) is 21.6. The minimum atomic E-state index is -1.70. The van der Waals surface area contributed by atoms with Crippen molar-refractivity contribution in [3.8, 4) is 0 Å². The molecule has 2 heterocycles. The second-order valence-corrected chi connectivity index (χ2v) is 7.61. The molecule has 2 rings (SSSR count). The Morgan fingerprint density at radius 2 is 1.31 bits per heavy atom. The zero-order valence-electron chi connectivity index (χ0n) is 15.9. The van der Waals surface area contributed by atoms with Crippen LogP contribution in [0.2, 0.25) is 0 Å². The van der Waals surface area contributed by atoms with Crippen molar-refractivity contribution in [2.45, 2.75) is 80.7 Å². The summed E-state index contributed by atoms with van der Waals surface area (Å²) >= 11 is 4.12. The number of thiol groups is 1. The third-order valence-corrected chi connectivity index (χ3v) is 5.36.